The van der Waals surface area contributed by atoms with Crippen LogP contribution >= 0.6 is 0 Å². The van der Waals surface area contributed by atoms with Crippen LogP contribution in [0.15, 0.2) is 24.3 Å². The molecule has 0 spiro atoms. The Morgan fingerprint density at radius 2 is 1.82 bits per heavy atom. The number of nitriles is 1. The van der Waals surface area contributed by atoms with Crippen molar-refractivity contribution < 1.29 is 4.74 Å². The summed E-state index contributed by atoms with van der Waals surface area (Å²) in [5.41, 5.74) is 1.06. The summed E-state index contributed by atoms with van der Waals surface area (Å²) in [7, 11) is 2.13. The zero-order chi connectivity index (χ0) is 15.8. The van der Waals surface area contributed by atoms with Gasteiger partial charge in [0.2, 0.25) is 0 Å². The van der Waals surface area contributed by atoms with E-state index < -0.39 is 0 Å². The molecule has 1 aromatic carbocycles. The highest BCUT2D eigenvalue weighted by atomic mass is 16.5. The van der Waals surface area contributed by atoms with Crippen molar-refractivity contribution in [2.75, 3.05) is 39.8 Å². The van der Waals surface area contributed by atoms with Crippen LogP contribution < -0.4 is 4.74 Å². The van der Waals surface area contributed by atoms with Crippen molar-refractivity contribution in [2.45, 2.75) is 32.2 Å². The van der Waals surface area contributed by atoms with E-state index in [9.17, 15) is 5.26 Å². The number of piperazine rings is 1. The summed E-state index contributed by atoms with van der Waals surface area (Å²) in [4.78, 5) is 4.56. The van der Waals surface area contributed by atoms with Gasteiger partial charge in [-0.25, -0.2) is 0 Å². The quantitative estimate of drug-likeness (QED) is 0.726. The molecule has 1 heterocycles. The maximum absolute atomic E-state index is 9.53. The van der Waals surface area contributed by atoms with E-state index in [1.807, 2.05) is 24.3 Å². The maximum Gasteiger partial charge on any atom is 0.123 e. The summed E-state index contributed by atoms with van der Waals surface area (Å²) >= 11 is 0. The second-order valence-electron chi connectivity index (χ2n) is 6.00. The summed E-state index contributed by atoms with van der Waals surface area (Å²) in [6.45, 7) is 6.91. The van der Waals surface area contributed by atoms with Gasteiger partial charge >= 0.3 is 0 Å². The van der Waals surface area contributed by atoms with E-state index in [1.165, 1.54) is 12.8 Å². The normalized spacial score (nSPS) is 17.9. The molecule has 1 fully saturated rings. The third-order valence-electron chi connectivity index (χ3n) is 4.24. The lowest BCUT2D eigenvalue weighted by Crippen LogP contribution is -2.45. The molecule has 1 saturated heterocycles. The molecule has 120 valence electrons. The number of ether oxygens (including phenoxy) is 1. The van der Waals surface area contributed by atoms with Gasteiger partial charge in [0.15, 0.2) is 0 Å². The lowest BCUT2D eigenvalue weighted by Gasteiger charge is -2.35. The van der Waals surface area contributed by atoms with Crippen molar-refractivity contribution in [2.24, 2.45) is 0 Å². The first-order valence-corrected chi connectivity index (χ1v) is 8.29. The zero-order valence-corrected chi connectivity index (χ0v) is 13.8. The Morgan fingerprint density at radius 3 is 2.41 bits per heavy atom. The number of unbranched alkanes of at least 4 members (excludes halogenated alkanes) is 2. The molecule has 0 radical (unpaired) electrons. The SMILES string of the molecule is CCCCCOc1ccc(C(C#N)N2CCN(C)CC2)cc1. The number of benzene rings is 1. The fraction of sp³-hybridized carbons (Fsp3) is 0.611. The highest BCUT2D eigenvalue weighted by molar-refractivity contribution is 5.31. The minimum absolute atomic E-state index is 0.150. The molecule has 4 heteroatoms. The Kier molecular flexibility index (Phi) is 6.70. The van der Waals surface area contributed by atoms with E-state index in [2.05, 4.69) is 29.8 Å². The third-order valence-corrected chi connectivity index (χ3v) is 4.24. The number of nitrogens with zero attached hydrogens (tertiary/aromatic N) is 3. The number of hydrogen-bond acceptors (Lipinski definition) is 4. The van der Waals surface area contributed by atoms with Crippen LogP contribution in [0.5, 0.6) is 5.75 Å². The minimum atomic E-state index is -0.150. The highest BCUT2D eigenvalue weighted by Gasteiger charge is 2.23. The summed E-state index contributed by atoms with van der Waals surface area (Å²) in [6.07, 6.45) is 3.51. The number of rotatable bonds is 7. The molecule has 1 atom stereocenters. The fourth-order valence-corrected chi connectivity index (χ4v) is 2.74. The molecule has 2 rings (SSSR count). The van der Waals surface area contributed by atoms with Gasteiger partial charge in [0.1, 0.15) is 11.8 Å². The Bertz CT molecular complexity index is 472. The largest absolute Gasteiger partial charge is 0.494 e. The van der Waals surface area contributed by atoms with Gasteiger partial charge in [-0.3, -0.25) is 4.90 Å². The van der Waals surface area contributed by atoms with E-state index in [4.69, 9.17) is 4.74 Å². The average Bonchev–Trinajstić information content (AvgIpc) is 2.55. The lowest BCUT2D eigenvalue weighted by molar-refractivity contribution is 0.133. The average molecular weight is 301 g/mol. The molecule has 22 heavy (non-hydrogen) atoms. The Balaban J connectivity index is 1.91. The van der Waals surface area contributed by atoms with Crippen LogP contribution in [0.4, 0.5) is 0 Å². The van der Waals surface area contributed by atoms with Crippen LogP contribution in [0, 0.1) is 11.3 Å². The lowest BCUT2D eigenvalue weighted by atomic mass is 10.1. The third kappa shape index (κ3) is 4.72. The van der Waals surface area contributed by atoms with Gasteiger partial charge in [-0.15, -0.1) is 0 Å². The summed E-state index contributed by atoms with van der Waals surface area (Å²) in [5.74, 6) is 0.898. The number of likely N-dealkylation sites (N-methyl/N-ethyl adjacent to an activating group) is 1. The van der Waals surface area contributed by atoms with Crippen molar-refractivity contribution in [1.29, 1.82) is 5.26 Å². The van der Waals surface area contributed by atoms with Crippen LogP contribution in [0.3, 0.4) is 0 Å². The monoisotopic (exact) mass is 301 g/mol. The number of hydrogen-bond donors (Lipinski definition) is 0. The first-order chi connectivity index (χ1) is 10.7. The van der Waals surface area contributed by atoms with Crippen LogP contribution in [0.1, 0.15) is 37.8 Å². The van der Waals surface area contributed by atoms with Crippen molar-refractivity contribution in [3.05, 3.63) is 29.8 Å². The summed E-state index contributed by atoms with van der Waals surface area (Å²) in [5, 5.41) is 9.53. The van der Waals surface area contributed by atoms with E-state index in [0.717, 1.165) is 50.5 Å². The fourth-order valence-electron chi connectivity index (χ4n) is 2.74. The van der Waals surface area contributed by atoms with Crippen molar-refractivity contribution in [3.63, 3.8) is 0 Å². The first kappa shape index (κ1) is 16.8. The molecule has 1 unspecified atom stereocenters. The predicted octanol–water partition coefficient (Wildman–Crippen LogP) is 3.07. The summed E-state index contributed by atoms with van der Waals surface area (Å²) in [6, 6.07) is 10.3. The highest BCUT2D eigenvalue weighted by Crippen LogP contribution is 2.23. The topological polar surface area (TPSA) is 39.5 Å². The smallest absolute Gasteiger partial charge is 0.123 e. The van der Waals surface area contributed by atoms with E-state index in [0.29, 0.717) is 0 Å². The maximum atomic E-state index is 9.53. The second-order valence-corrected chi connectivity index (χ2v) is 6.00. The Labute approximate surface area is 134 Å². The molecule has 0 bridgehead atoms. The van der Waals surface area contributed by atoms with Crippen LogP contribution in [0.25, 0.3) is 0 Å². The molecule has 1 aliphatic rings. The zero-order valence-electron chi connectivity index (χ0n) is 13.8. The van der Waals surface area contributed by atoms with Gasteiger partial charge in [0.05, 0.1) is 12.7 Å². The minimum Gasteiger partial charge on any atom is -0.494 e. The van der Waals surface area contributed by atoms with Crippen LogP contribution in [-0.2, 0) is 0 Å². The molecule has 0 N–H and O–H groups in total. The van der Waals surface area contributed by atoms with Gasteiger partial charge < -0.3 is 9.64 Å². The second kappa shape index (κ2) is 8.77. The molecule has 0 aromatic heterocycles. The molecule has 1 aromatic rings. The Hall–Kier alpha value is -1.57. The predicted molar refractivity (Wildman–Crippen MR) is 88.9 cm³/mol. The van der Waals surface area contributed by atoms with E-state index in [1.54, 1.807) is 0 Å². The van der Waals surface area contributed by atoms with Gasteiger partial charge in [-0.1, -0.05) is 31.9 Å². The molecule has 0 amide bonds. The van der Waals surface area contributed by atoms with E-state index >= 15 is 0 Å². The van der Waals surface area contributed by atoms with Crippen molar-refractivity contribution in [1.82, 2.24) is 9.80 Å². The molecule has 0 saturated carbocycles. The molecule has 1 aliphatic heterocycles. The Morgan fingerprint density at radius 1 is 1.14 bits per heavy atom. The molecular formula is C18H27N3O. The van der Waals surface area contributed by atoms with E-state index in [-0.39, 0.29) is 6.04 Å². The van der Waals surface area contributed by atoms with Crippen LogP contribution in [-0.4, -0.2) is 49.6 Å². The first-order valence-electron chi connectivity index (χ1n) is 8.29. The molecular weight excluding hydrogens is 274 g/mol. The van der Waals surface area contributed by atoms with Crippen molar-refractivity contribution >= 4 is 0 Å². The van der Waals surface area contributed by atoms with Gasteiger partial charge in [-0.05, 0) is 31.2 Å². The van der Waals surface area contributed by atoms with Crippen molar-refractivity contribution in [3.8, 4) is 11.8 Å². The van der Waals surface area contributed by atoms with Gasteiger partial charge in [0, 0.05) is 26.2 Å². The molecule has 0 aliphatic carbocycles. The summed E-state index contributed by atoms with van der Waals surface area (Å²) < 4.78 is 5.73. The van der Waals surface area contributed by atoms with Crippen LogP contribution in [0.2, 0.25) is 0 Å². The van der Waals surface area contributed by atoms with Gasteiger partial charge in [0.25, 0.3) is 0 Å². The molecule has 4 nitrogen and oxygen atoms in total. The standard InChI is InChI=1S/C18H27N3O/c1-3-4-5-14-22-17-8-6-16(7-9-17)18(15-19)21-12-10-20(2)11-13-21/h6-9,18H,3-5,10-14H2,1-2H3. The van der Waals surface area contributed by atoms with Gasteiger partial charge in [-0.2, -0.15) is 5.26 Å².